The van der Waals surface area contributed by atoms with Crippen molar-refractivity contribution < 1.29 is 4.68 Å². The van der Waals surface area contributed by atoms with Crippen LogP contribution in [-0.2, 0) is 6.54 Å². The molecule has 1 N–H and O–H groups in total. The largest absolute Gasteiger partial charge is 0.199 e. The second kappa shape index (κ2) is 4.94. The second-order valence-corrected chi connectivity index (χ2v) is 3.39. The minimum absolute atomic E-state index is 0.637. The van der Waals surface area contributed by atoms with Crippen LogP contribution in [-0.4, -0.2) is 0 Å². The molecule has 0 bridgehead atoms. The lowest BCUT2D eigenvalue weighted by Gasteiger charge is -2.02. The molecule has 3 heteroatoms. The summed E-state index contributed by atoms with van der Waals surface area (Å²) in [5.41, 5.74) is 4.92. The van der Waals surface area contributed by atoms with E-state index in [1.807, 2.05) is 59.5 Å². The number of aromatic nitrogens is 1. The van der Waals surface area contributed by atoms with Crippen molar-refractivity contribution in [2.24, 2.45) is 0 Å². The average molecular weight is 210 g/mol. The van der Waals surface area contributed by atoms with Crippen molar-refractivity contribution in [3.63, 3.8) is 0 Å². The number of hydrogen-bond acceptors (Lipinski definition) is 2. The number of rotatable bonds is 3. The molecule has 0 aliphatic carbocycles. The van der Waals surface area contributed by atoms with Gasteiger partial charge >= 0.3 is 0 Å². The predicted molar refractivity (Wildman–Crippen MR) is 60.9 cm³/mol. The van der Waals surface area contributed by atoms with Crippen LogP contribution < -0.4 is 10.1 Å². The number of hydrogen-bond donors (Lipinski definition) is 1. The maximum absolute atomic E-state index is 8.93. The molecule has 0 saturated heterocycles. The fourth-order valence-electron chi connectivity index (χ4n) is 1.46. The highest BCUT2D eigenvalue weighted by atomic mass is 15.4. The van der Waals surface area contributed by atoms with Gasteiger partial charge in [0.1, 0.15) is 0 Å². The van der Waals surface area contributed by atoms with E-state index in [2.05, 4.69) is 11.5 Å². The third-order valence-electron chi connectivity index (χ3n) is 2.31. The zero-order chi connectivity index (χ0) is 11.2. The maximum atomic E-state index is 8.93. The monoisotopic (exact) mass is 210 g/mol. The Labute approximate surface area is 94.6 Å². The Morgan fingerprint density at radius 2 is 1.81 bits per heavy atom. The molecule has 0 atom stereocenters. The fraction of sp³-hybridized carbons (Fsp3) is 0.0769. The molecule has 1 heterocycles. The molecule has 1 aromatic carbocycles. The first-order chi connectivity index (χ1) is 7.90. The highest BCUT2D eigenvalue weighted by molar-refractivity contribution is 5.37. The van der Waals surface area contributed by atoms with E-state index in [0.717, 1.165) is 5.56 Å². The maximum Gasteiger partial charge on any atom is 0.199 e. The molecule has 0 amide bonds. The smallest absolute Gasteiger partial charge is 0.192 e. The summed E-state index contributed by atoms with van der Waals surface area (Å²) in [4.78, 5) is 0. The Kier molecular flexibility index (Phi) is 3.15. The molecule has 2 rings (SSSR count). The number of benzene rings is 1. The number of pyridine rings is 1. The van der Waals surface area contributed by atoms with Gasteiger partial charge in [-0.15, -0.1) is 0 Å². The van der Waals surface area contributed by atoms with Crippen molar-refractivity contribution in [1.29, 1.82) is 5.26 Å². The first-order valence-corrected chi connectivity index (χ1v) is 5.08. The molecule has 2 aromatic rings. The van der Waals surface area contributed by atoms with Gasteiger partial charge < -0.3 is 0 Å². The van der Waals surface area contributed by atoms with Crippen molar-refractivity contribution in [2.75, 3.05) is 5.43 Å². The Morgan fingerprint density at radius 3 is 2.56 bits per heavy atom. The van der Waals surface area contributed by atoms with E-state index in [0.29, 0.717) is 12.1 Å². The van der Waals surface area contributed by atoms with Gasteiger partial charge in [-0.3, -0.25) is 0 Å². The Morgan fingerprint density at radius 1 is 1.06 bits per heavy atom. The molecule has 0 aliphatic rings. The lowest BCUT2D eigenvalue weighted by atomic mass is 10.1. The summed E-state index contributed by atoms with van der Waals surface area (Å²) in [7, 11) is 0. The van der Waals surface area contributed by atoms with Crippen molar-refractivity contribution in [3.8, 4) is 6.07 Å². The lowest BCUT2D eigenvalue weighted by molar-refractivity contribution is -0.651. The van der Waals surface area contributed by atoms with Crippen LogP contribution in [0.15, 0.2) is 54.9 Å². The van der Waals surface area contributed by atoms with E-state index in [4.69, 9.17) is 5.26 Å². The van der Waals surface area contributed by atoms with Gasteiger partial charge in [-0.2, -0.15) is 10.7 Å². The van der Waals surface area contributed by atoms with Crippen molar-refractivity contribution in [2.45, 2.75) is 6.54 Å². The minimum Gasteiger partial charge on any atom is -0.192 e. The predicted octanol–water partition coefficient (Wildman–Crippen LogP) is 1.59. The number of nitrogens with one attached hydrogen (secondary N) is 1. The summed E-state index contributed by atoms with van der Waals surface area (Å²) in [6, 6.07) is 15.6. The summed E-state index contributed by atoms with van der Waals surface area (Å²) >= 11 is 0. The second-order valence-electron chi connectivity index (χ2n) is 3.39. The summed E-state index contributed by atoms with van der Waals surface area (Å²) in [6.07, 6.45) is 3.85. The number of nitrogens with zero attached hydrogens (tertiary/aromatic N) is 2. The molecule has 0 unspecified atom stereocenters. The summed E-state index contributed by atoms with van der Waals surface area (Å²) in [6.45, 7) is 0.637. The van der Waals surface area contributed by atoms with Gasteiger partial charge in [0.15, 0.2) is 12.4 Å². The van der Waals surface area contributed by atoms with Crippen LogP contribution in [0, 0.1) is 11.3 Å². The normalized spacial score (nSPS) is 9.44. The van der Waals surface area contributed by atoms with Crippen molar-refractivity contribution in [3.05, 3.63) is 66.0 Å². The quantitative estimate of drug-likeness (QED) is 0.781. The highest BCUT2D eigenvalue weighted by Crippen LogP contribution is 2.06. The van der Waals surface area contributed by atoms with E-state index >= 15 is 0 Å². The van der Waals surface area contributed by atoms with E-state index < -0.39 is 0 Å². The van der Waals surface area contributed by atoms with Gasteiger partial charge in [0.25, 0.3) is 0 Å². The van der Waals surface area contributed by atoms with Gasteiger partial charge in [0, 0.05) is 12.1 Å². The van der Waals surface area contributed by atoms with Crippen LogP contribution in [0.1, 0.15) is 11.1 Å². The van der Waals surface area contributed by atoms with E-state index in [-0.39, 0.29) is 0 Å². The van der Waals surface area contributed by atoms with Crippen LogP contribution in [0.2, 0.25) is 0 Å². The van der Waals surface area contributed by atoms with Crippen molar-refractivity contribution >= 4 is 0 Å². The Balaban J connectivity index is 2.09. The molecule has 78 valence electrons. The molecule has 0 spiro atoms. The van der Waals surface area contributed by atoms with Gasteiger partial charge in [0.2, 0.25) is 0 Å². The molecule has 3 nitrogen and oxygen atoms in total. The lowest BCUT2D eigenvalue weighted by Crippen LogP contribution is -2.43. The van der Waals surface area contributed by atoms with Gasteiger partial charge in [-0.05, 0) is 11.6 Å². The first kappa shape index (κ1) is 10.2. The molecule has 0 aliphatic heterocycles. The summed E-state index contributed by atoms with van der Waals surface area (Å²) < 4.78 is 1.87. The van der Waals surface area contributed by atoms with E-state index in [1.165, 1.54) is 0 Å². The van der Waals surface area contributed by atoms with Gasteiger partial charge in [0.05, 0.1) is 18.2 Å². The Bertz CT molecular complexity index is 500. The standard InChI is InChI=1S/C13H12N3/c14-10-12-6-2-3-7-13(12)11-15-16-8-4-1-5-9-16/h1-9,15H,11H2/q+1. The van der Waals surface area contributed by atoms with Crippen LogP contribution >= 0.6 is 0 Å². The third kappa shape index (κ3) is 2.37. The average Bonchev–Trinajstić information content (AvgIpc) is 2.38. The molecular formula is C13H12N3+. The first-order valence-electron chi connectivity index (χ1n) is 5.08. The third-order valence-corrected chi connectivity index (χ3v) is 2.31. The van der Waals surface area contributed by atoms with Crippen LogP contribution in [0.25, 0.3) is 0 Å². The zero-order valence-electron chi connectivity index (χ0n) is 8.80. The molecule has 0 saturated carbocycles. The van der Waals surface area contributed by atoms with Crippen LogP contribution in [0.5, 0.6) is 0 Å². The fourth-order valence-corrected chi connectivity index (χ4v) is 1.46. The molecule has 0 fully saturated rings. The molecular weight excluding hydrogens is 198 g/mol. The molecule has 16 heavy (non-hydrogen) atoms. The minimum atomic E-state index is 0.637. The SMILES string of the molecule is N#Cc1ccccc1CN[n+]1ccccc1. The van der Waals surface area contributed by atoms with E-state index in [9.17, 15) is 0 Å². The van der Waals surface area contributed by atoms with Gasteiger partial charge in [-0.1, -0.05) is 28.9 Å². The molecule has 0 radical (unpaired) electrons. The summed E-state index contributed by atoms with van der Waals surface area (Å²) in [5, 5.41) is 8.93. The Hall–Kier alpha value is -2.34. The van der Waals surface area contributed by atoms with Gasteiger partial charge in [-0.25, -0.2) is 0 Å². The van der Waals surface area contributed by atoms with E-state index in [1.54, 1.807) is 0 Å². The highest BCUT2D eigenvalue weighted by Gasteiger charge is 2.02. The topological polar surface area (TPSA) is 39.7 Å². The number of nitriles is 1. The van der Waals surface area contributed by atoms with Crippen molar-refractivity contribution in [1.82, 2.24) is 0 Å². The van der Waals surface area contributed by atoms with Crippen LogP contribution in [0.3, 0.4) is 0 Å². The zero-order valence-corrected chi connectivity index (χ0v) is 8.80. The molecule has 1 aromatic heterocycles. The summed E-state index contributed by atoms with van der Waals surface area (Å²) in [5.74, 6) is 0. The van der Waals surface area contributed by atoms with Crippen LogP contribution in [0.4, 0.5) is 0 Å².